The molecule has 5 N–H and O–H groups in total. The Bertz CT molecular complexity index is 1450. The molecule has 0 saturated heterocycles. The number of alkyl carbamates (subject to hydrolysis) is 1. The lowest BCUT2D eigenvalue weighted by Crippen LogP contribution is -2.54. The highest BCUT2D eigenvalue weighted by atomic mass is 32.1. The molecule has 0 bridgehead atoms. The van der Waals surface area contributed by atoms with Gasteiger partial charge in [-0.15, -0.1) is 12.6 Å². The number of aromatic nitrogens is 1. The fraction of sp³-hybridized carbons (Fsp3) is 0.107. The van der Waals surface area contributed by atoms with E-state index in [9.17, 15) is 14.4 Å². The minimum Gasteiger partial charge on any atom is -0.445 e. The molecule has 194 valence electrons. The Morgan fingerprint density at radius 1 is 0.974 bits per heavy atom. The van der Waals surface area contributed by atoms with Gasteiger partial charge >= 0.3 is 6.09 Å². The number of benzene rings is 3. The molecule has 1 atom stereocenters. The van der Waals surface area contributed by atoms with Crippen molar-refractivity contribution in [2.24, 2.45) is 0 Å². The predicted molar refractivity (Wildman–Crippen MR) is 148 cm³/mol. The van der Waals surface area contributed by atoms with E-state index in [0.29, 0.717) is 11.3 Å². The number of fused-ring (bicyclic) bond motifs is 1. The minimum atomic E-state index is -1.66. The van der Waals surface area contributed by atoms with Crippen LogP contribution in [0.1, 0.15) is 16.7 Å². The SMILES string of the molecule is O=C(/C=C/c1ccc(NC(=O)C(S)(Cc2c[nH]c3ccccc23)NC(=O)OCc2ccccc2)cc1)NO. The molecule has 0 aliphatic carbocycles. The van der Waals surface area contributed by atoms with Gasteiger partial charge in [0.25, 0.3) is 11.8 Å². The van der Waals surface area contributed by atoms with Gasteiger partial charge in [0.1, 0.15) is 6.61 Å². The van der Waals surface area contributed by atoms with E-state index in [0.717, 1.165) is 22.0 Å². The Morgan fingerprint density at radius 2 is 1.68 bits per heavy atom. The number of H-pyrrole nitrogens is 1. The maximum Gasteiger partial charge on any atom is 0.408 e. The van der Waals surface area contributed by atoms with Gasteiger partial charge in [-0.2, -0.15) is 0 Å². The van der Waals surface area contributed by atoms with E-state index >= 15 is 0 Å². The van der Waals surface area contributed by atoms with Crippen LogP contribution in [0.5, 0.6) is 0 Å². The Hall–Kier alpha value is -4.54. The molecule has 1 heterocycles. The summed E-state index contributed by atoms with van der Waals surface area (Å²) >= 11 is 4.65. The van der Waals surface area contributed by atoms with Gasteiger partial charge in [0.15, 0.2) is 4.87 Å². The molecule has 0 spiro atoms. The summed E-state index contributed by atoms with van der Waals surface area (Å²) in [4.78, 5) is 38.9. The Labute approximate surface area is 224 Å². The molecule has 0 radical (unpaired) electrons. The van der Waals surface area contributed by atoms with Gasteiger partial charge in [-0.05, 0) is 41.0 Å². The number of carbonyl (C=O) groups is 3. The first-order valence-corrected chi connectivity index (χ1v) is 12.1. The lowest BCUT2D eigenvalue weighted by molar-refractivity contribution is -0.124. The molecule has 10 heteroatoms. The first kappa shape index (κ1) is 26.5. The van der Waals surface area contributed by atoms with E-state index < -0.39 is 22.8 Å². The smallest absolute Gasteiger partial charge is 0.408 e. The van der Waals surface area contributed by atoms with E-state index in [1.807, 2.05) is 54.6 Å². The van der Waals surface area contributed by atoms with Gasteiger partial charge in [0, 0.05) is 35.3 Å². The van der Waals surface area contributed by atoms with Crippen molar-refractivity contribution in [3.63, 3.8) is 0 Å². The standard InChI is InChI=1S/C28H26N4O5S/c33-25(32-36)15-12-19-10-13-22(14-11-19)30-26(34)28(38,16-21-17-29-24-9-5-4-8-23(21)24)31-27(35)37-18-20-6-2-1-3-7-20/h1-15,17,29,36,38H,16,18H2,(H,30,34)(H,31,35)(H,32,33)/b15-12+. The van der Waals surface area contributed by atoms with Crippen LogP contribution in [0.2, 0.25) is 0 Å². The fourth-order valence-corrected chi connectivity index (χ4v) is 4.10. The largest absolute Gasteiger partial charge is 0.445 e. The molecule has 38 heavy (non-hydrogen) atoms. The molecule has 1 unspecified atom stereocenters. The summed E-state index contributed by atoms with van der Waals surface area (Å²) in [5, 5.41) is 14.9. The summed E-state index contributed by atoms with van der Waals surface area (Å²) in [6.07, 6.45) is 3.73. The van der Waals surface area contributed by atoms with Crippen molar-refractivity contribution in [1.82, 2.24) is 15.8 Å². The van der Waals surface area contributed by atoms with Gasteiger partial charge in [-0.25, -0.2) is 10.3 Å². The summed E-state index contributed by atoms with van der Waals surface area (Å²) in [7, 11) is 0. The number of aromatic amines is 1. The summed E-state index contributed by atoms with van der Waals surface area (Å²) < 4.78 is 5.36. The normalized spacial score (nSPS) is 12.6. The third-order valence-electron chi connectivity index (χ3n) is 5.72. The number of hydroxylamine groups is 1. The van der Waals surface area contributed by atoms with Gasteiger partial charge in [0.05, 0.1) is 0 Å². The molecule has 4 rings (SSSR count). The number of hydrogen-bond acceptors (Lipinski definition) is 6. The third kappa shape index (κ3) is 6.81. The van der Waals surface area contributed by atoms with Gasteiger partial charge in [-0.3, -0.25) is 20.1 Å². The topological polar surface area (TPSA) is 133 Å². The summed E-state index contributed by atoms with van der Waals surface area (Å²) in [6.45, 7) is 0.0362. The van der Waals surface area contributed by atoms with Crippen molar-refractivity contribution in [2.75, 3.05) is 5.32 Å². The highest BCUT2D eigenvalue weighted by Gasteiger charge is 2.38. The lowest BCUT2D eigenvalue weighted by Gasteiger charge is -2.28. The number of ether oxygens (including phenoxy) is 1. The average Bonchev–Trinajstić information content (AvgIpc) is 3.34. The second kappa shape index (κ2) is 12.1. The first-order chi connectivity index (χ1) is 18.4. The predicted octanol–water partition coefficient (Wildman–Crippen LogP) is 4.42. The highest BCUT2D eigenvalue weighted by molar-refractivity contribution is 7.82. The Kier molecular flexibility index (Phi) is 8.47. The van der Waals surface area contributed by atoms with Crippen LogP contribution in [0.25, 0.3) is 17.0 Å². The van der Waals surface area contributed by atoms with Gasteiger partial charge < -0.3 is 15.0 Å². The minimum absolute atomic E-state index is 0.0362. The molecule has 9 nitrogen and oxygen atoms in total. The van der Waals surface area contributed by atoms with E-state index in [1.165, 1.54) is 17.6 Å². The summed E-state index contributed by atoms with van der Waals surface area (Å²) in [6, 6.07) is 23.5. The molecule has 0 saturated carbocycles. The van der Waals surface area contributed by atoms with Crippen LogP contribution in [0, 0.1) is 0 Å². The first-order valence-electron chi connectivity index (χ1n) is 11.7. The van der Waals surface area contributed by atoms with Crippen LogP contribution in [-0.2, 0) is 27.4 Å². The van der Waals surface area contributed by atoms with Crippen molar-refractivity contribution in [3.8, 4) is 0 Å². The number of hydrogen-bond donors (Lipinski definition) is 6. The van der Waals surface area contributed by atoms with Gasteiger partial charge in [-0.1, -0.05) is 60.7 Å². The van der Waals surface area contributed by atoms with E-state index in [2.05, 4.69) is 28.2 Å². The number of amides is 3. The zero-order chi connectivity index (χ0) is 27.0. The average molecular weight is 531 g/mol. The quantitative estimate of drug-likeness (QED) is 0.0627. The second-order valence-corrected chi connectivity index (χ2v) is 9.23. The monoisotopic (exact) mass is 530 g/mol. The molecule has 0 fully saturated rings. The molecule has 1 aromatic heterocycles. The summed E-state index contributed by atoms with van der Waals surface area (Å²) in [5.41, 5.74) is 5.13. The van der Waals surface area contributed by atoms with Crippen LogP contribution in [0.15, 0.2) is 91.1 Å². The zero-order valence-electron chi connectivity index (χ0n) is 20.2. The second-order valence-electron chi connectivity index (χ2n) is 8.47. The number of thiol groups is 1. The van der Waals surface area contributed by atoms with Crippen LogP contribution >= 0.6 is 12.6 Å². The van der Waals surface area contributed by atoms with Crippen molar-refractivity contribution in [3.05, 3.63) is 108 Å². The summed E-state index contributed by atoms with van der Waals surface area (Å²) in [5.74, 6) is -1.23. The maximum atomic E-state index is 13.5. The number of rotatable bonds is 9. The third-order valence-corrected chi connectivity index (χ3v) is 6.20. The molecular formula is C28H26N4O5S. The van der Waals surface area contributed by atoms with E-state index in [-0.39, 0.29) is 13.0 Å². The Balaban J connectivity index is 1.52. The van der Waals surface area contributed by atoms with Crippen molar-refractivity contribution in [2.45, 2.75) is 17.9 Å². The van der Waals surface area contributed by atoms with Crippen LogP contribution in [0.3, 0.4) is 0 Å². The molecule has 0 aliphatic heterocycles. The fourth-order valence-electron chi connectivity index (χ4n) is 3.78. The molecule has 4 aromatic rings. The number of anilines is 1. The highest BCUT2D eigenvalue weighted by Crippen LogP contribution is 2.26. The van der Waals surface area contributed by atoms with Crippen molar-refractivity contribution in [1.29, 1.82) is 0 Å². The number of nitrogens with one attached hydrogen (secondary N) is 4. The van der Waals surface area contributed by atoms with Gasteiger partial charge in [0.2, 0.25) is 0 Å². The van der Waals surface area contributed by atoms with Crippen molar-refractivity contribution >= 4 is 53.2 Å². The maximum absolute atomic E-state index is 13.5. The molecule has 3 aromatic carbocycles. The zero-order valence-corrected chi connectivity index (χ0v) is 21.1. The van der Waals surface area contributed by atoms with E-state index in [1.54, 1.807) is 30.5 Å². The molecule has 3 amide bonds. The van der Waals surface area contributed by atoms with Crippen LogP contribution in [0.4, 0.5) is 10.5 Å². The van der Waals surface area contributed by atoms with Crippen molar-refractivity contribution < 1.29 is 24.3 Å². The van der Waals surface area contributed by atoms with E-state index in [4.69, 9.17) is 9.94 Å². The lowest BCUT2D eigenvalue weighted by atomic mass is 10.0. The van der Waals surface area contributed by atoms with Crippen LogP contribution in [-0.4, -0.2) is 33.0 Å². The number of para-hydroxylation sites is 1. The number of carbonyl (C=O) groups excluding carboxylic acids is 3. The molecule has 0 aliphatic rings. The Morgan fingerprint density at radius 3 is 2.42 bits per heavy atom. The molecular weight excluding hydrogens is 504 g/mol. The van der Waals surface area contributed by atoms with Crippen LogP contribution < -0.4 is 16.1 Å².